The standard InChI is InChI=1S/C11H23NOS/c1-4-12-10-5-6-11(9(10)2)14-8-7-13-3/h9-12H,4-8H2,1-3H3. The van der Waals surface area contributed by atoms with Gasteiger partial charge in [-0.2, -0.15) is 11.8 Å². The van der Waals surface area contributed by atoms with E-state index in [1.54, 1.807) is 7.11 Å². The Morgan fingerprint density at radius 1 is 1.43 bits per heavy atom. The second kappa shape index (κ2) is 6.70. The van der Waals surface area contributed by atoms with Gasteiger partial charge in [0.25, 0.3) is 0 Å². The van der Waals surface area contributed by atoms with Crippen molar-refractivity contribution in [3.8, 4) is 0 Å². The molecule has 1 fully saturated rings. The highest BCUT2D eigenvalue weighted by molar-refractivity contribution is 7.99. The van der Waals surface area contributed by atoms with Crippen molar-refractivity contribution in [3.05, 3.63) is 0 Å². The highest BCUT2D eigenvalue weighted by Gasteiger charge is 2.31. The monoisotopic (exact) mass is 217 g/mol. The third kappa shape index (κ3) is 3.44. The van der Waals surface area contributed by atoms with Crippen molar-refractivity contribution in [1.29, 1.82) is 0 Å². The topological polar surface area (TPSA) is 21.3 Å². The Morgan fingerprint density at radius 3 is 2.86 bits per heavy atom. The van der Waals surface area contributed by atoms with Gasteiger partial charge in [-0.25, -0.2) is 0 Å². The van der Waals surface area contributed by atoms with E-state index in [9.17, 15) is 0 Å². The van der Waals surface area contributed by atoms with E-state index in [1.807, 2.05) is 0 Å². The summed E-state index contributed by atoms with van der Waals surface area (Å²) in [6, 6.07) is 0.750. The summed E-state index contributed by atoms with van der Waals surface area (Å²) in [5.74, 6) is 1.96. The molecule has 1 rings (SSSR count). The predicted octanol–water partition coefficient (Wildman–Crippen LogP) is 2.14. The molecule has 0 aromatic heterocycles. The van der Waals surface area contributed by atoms with Crippen LogP contribution in [0.5, 0.6) is 0 Å². The van der Waals surface area contributed by atoms with Crippen LogP contribution in [0.1, 0.15) is 26.7 Å². The van der Waals surface area contributed by atoms with Crippen LogP contribution in [0.2, 0.25) is 0 Å². The predicted molar refractivity (Wildman–Crippen MR) is 64.0 cm³/mol. The van der Waals surface area contributed by atoms with Gasteiger partial charge in [-0.3, -0.25) is 0 Å². The Morgan fingerprint density at radius 2 is 2.21 bits per heavy atom. The molecule has 1 aliphatic carbocycles. The van der Waals surface area contributed by atoms with E-state index in [4.69, 9.17) is 4.74 Å². The number of hydrogen-bond acceptors (Lipinski definition) is 3. The highest BCUT2D eigenvalue weighted by atomic mass is 32.2. The lowest BCUT2D eigenvalue weighted by Gasteiger charge is -2.20. The lowest BCUT2D eigenvalue weighted by atomic mass is 10.1. The van der Waals surface area contributed by atoms with Gasteiger partial charge in [0, 0.05) is 24.2 Å². The van der Waals surface area contributed by atoms with E-state index in [0.717, 1.165) is 36.1 Å². The minimum Gasteiger partial charge on any atom is -0.384 e. The smallest absolute Gasteiger partial charge is 0.0553 e. The van der Waals surface area contributed by atoms with Crippen LogP contribution < -0.4 is 5.32 Å². The van der Waals surface area contributed by atoms with Gasteiger partial charge in [-0.05, 0) is 25.3 Å². The summed E-state index contributed by atoms with van der Waals surface area (Å²) in [4.78, 5) is 0. The van der Waals surface area contributed by atoms with Crippen LogP contribution in [-0.2, 0) is 4.74 Å². The molecule has 3 unspecified atom stereocenters. The molecular formula is C11H23NOS. The minimum atomic E-state index is 0.750. The van der Waals surface area contributed by atoms with Crippen LogP contribution >= 0.6 is 11.8 Å². The Kier molecular flexibility index (Phi) is 5.90. The molecule has 0 radical (unpaired) electrons. The summed E-state index contributed by atoms with van der Waals surface area (Å²) in [6.07, 6.45) is 2.72. The Labute approximate surface area is 92.2 Å². The van der Waals surface area contributed by atoms with Crippen LogP contribution in [0, 0.1) is 5.92 Å². The largest absolute Gasteiger partial charge is 0.384 e. The van der Waals surface area contributed by atoms with Crippen molar-refractivity contribution in [3.63, 3.8) is 0 Å². The first-order chi connectivity index (χ1) is 6.79. The number of thioether (sulfide) groups is 1. The summed E-state index contributed by atoms with van der Waals surface area (Å²) in [6.45, 7) is 6.56. The Hall–Kier alpha value is 0.270. The first-order valence-electron chi connectivity index (χ1n) is 5.63. The fourth-order valence-corrected chi connectivity index (χ4v) is 3.56. The third-order valence-electron chi connectivity index (χ3n) is 3.07. The third-order valence-corrected chi connectivity index (χ3v) is 4.56. The zero-order chi connectivity index (χ0) is 10.4. The van der Waals surface area contributed by atoms with Gasteiger partial charge in [0.1, 0.15) is 0 Å². The molecule has 1 N–H and O–H groups in total. The molecule has 0 spiro atoms. The molecule has 0 aromatic carbocycles. The van der Waals surface area contributed by atoms with Gasteiger partial charge in [0.05, 0.1) is 6.61 Å². The molecule has 3 heteroatoms. The fraction of sp³-hybridized carbons (Fsp3) is 1.00. The molecule has 3 atom stereocenters. The van der Waals surface area contributed by atoms with E-state index in [1.165, 1.54) is 12.8 Å². The molecule has 1 aliphatic rings. The quantitative estimate of drug-likeness (QED) is 0.689. The Balaban J connectivity index is 2.21. The van der Waals surface area contributed by atoms with Crippen molar-refractivity contribution < 1.29 is 4.74 Å². The maximum Gasteiger partial charge on any atom is 0.0553 e. The van der Waals surface area contributed by atoms with Crippen molar-refractivity contribution in [2.45, 2.75) is 38.0 Å². The lowest BCUT2D eigenvalue weighted by Crippen LogP contribution is -2.33. The zero-order valence-electron chi connectivity index (χ0n) is 9.58. The van der Waals surface area contributed by atoms with Crippen LogP contribution in [-0.4, -0.2) is 37.3 Å². The highest BCUT2D eigenvalue weighted by Crippen LogP contribution is 2.34. The normalized spacial score (nSPS) is 32.4. The van der Waals surface area contributed by atoms with Crippen LogP contribution in [0.25, 0.3) is 0 Å². The van der Waals surface area contributed by atoms with Gasteiger partial charge < -0.3 is 10.1 Å². The number of nitrogens with one attached hydrogen (secondary N) is 1. The molecule has 0 heterocycles. The van der Waals surface area contributed by atoms with E-state index in [-0.39, 0.29) is 0 Å². The van der Waals surface area contributed by atoms with E-state index >= 15 is 0 Å². The molecule has 1 saturated carbocycles. The maximum absolute atomic E-state index is 5.07. The van der Waals surface area contributed by atoms with Gasteiger partial charge in [0.2, 0.25) is 0 Å². The number of ether oxygens (including phenoxy) is 1. The first kappa shape index (κ1) is 12.3. The molecular weight excluding hydrogens is 194 g/mol. The van der Waals surface area contributed by atoms with Crippen molar-refractivity contribution in [2.75, 3.05) is 26.0 Å². The van der Waals surface area contributed by atoms with E-state index in [0.29, 0.717) is 0 Å². The minimum absolute atomic E-state index is 0.750. The Bertz CT molecular complexity index is 154. The summed E-state index contributed by atoms with van der Waals surface area (Å²) < 4.78 is 5.07. The lowest BCUT2D eigenvalue weighted by molar-refractivity contribution is 0.218. The van der Waals surface area contributed by atoms with Gasteiger partial charge in [0.15, 0.2) is 0 Å². The van der Waals surface area contributed by atoms with Crippen LogP contribution in [0.3, 0.4) is 0 Å². The maximum atomic E-state index is 5.07. The zero-order valence-corrected chi connectivity index (χ0v) is 10.4. The summed E-state index contributed by atoms with van der Waals surface area (Å²) >= 11 is 2.08. The fourth-order valence-electron chi connectivity index (χ4n) is 2.20. The number of rotatable bonds is 6. The molecule has 0 bridgehead atoms. The van der Waals surface area contributed by atoms with Gasteiger partial charge in [-0.1, -0.05) is 13.8 Å². The average molecular weight is 217 g/mol. The molecule has 0 saturated heterocycles. The first-order valence-corrected chi connectivity index (χ1v) is 6.68. The molecule has 0 aliphatic heterocycles. The number of methoxy groups -OCH3 is 1. The van der Waals surface area contributed by atoms with Crippen molar-refractivity contribution >= 4 is 11.8 Å². The van der Waals surface area contributed by atoms with Gasteiger partial charge in [-0.15, -0.1) is 0 Å². The molecule has 0 aromatic rings. The summed E-state index contributed by atoms with van der Waals surface area (Å²) in [5.41, 5.74) is 0. The van der Waals surface area contributed by atoms with Crippen LogP contribution in [0.4, 0.5) is 0 Å². The molecule has 0 amide bonds. The molecule has 2 nitrogen and oxygen atoms in total. The number of hydrogen-bond donors (Lipinski definition) is 1. The summed E-state index contributed by atoms with van der Waals surface area (Å²) in [7, 11) is 1.78. The molecule has 14 heavy (non-hydrogen) atoms. The average Bonchev–Trinajstić information content (AvgIpc) is 2.51. The second-order valence-corrected chi connectivity index (χ2v) is 5.35. The summed E-state index contributed by atoms with van der Waals surface area (Å²) in [5, 5.41) is 4.41. The van der Waals surface area contributed by atoms with E-state index < -0.39 is 0 Å². The van der Waals surface area contributed by atoms with E-state index in [2.05, 4.69) is 30.9 Å². The van der Waals surface area contributed by atoms with Gasteiger partial charge >= 0.3 is 0 Å². The SMILES string of the molecule is CCNC1CCC(SCCOC)C1C. The van der Waals surface area contributed by atoms with Crippen molar-refractivity contribution in [2.24, 2.45) is 5.92 Å². The second-order valence-electron chi connectivity index (χ2n) is 4.00. The van der Waals surface area contributed by atoms with Crippen LogP contribution in [0.15, 0.2) is 0 Å². The van der Waals surface area contributed by atoms with Crippen molar-refractivity contribution in [1.82, 2.24) is 5.32 Å². The molecule has 84 valence electrons.